The van der Waals surface area contributed by atoms with Gasteiger partial charge in [0.2, 0.25) is 10.0 Å². The minimum atomic E-state index is -3.16. The fourth-order valence-corrected chi connectivity index (χ4v) is 1.85. The van der Waals surface area contributed by atoms with Crippen LogP contribution in [0.5, 0.6) is 0 Å². The summed E-state index contributed by atoms with van der Waals surface area (Å²) in [6.07, 6.45) is 1.63. The largest absolute Gasteiger partial charge is 0.384 e. The molecule has 6 heteroatoms. The number of hydrogen-bond acceptors (Lipinski definition) is 3. The quantitative estimate of drug-likeness (QED) is 0.502. The molecule has 0 amide bonds. The molecule has 0 saturated heterocycles. The van der Waals surface area contributed by atoms with Crippen molar-refractivity contribution in [2.75, 3.05) is 12.8 Å². The van der Waals surface area contributed by atoms with E-state index in [0.29, 0.717) is 18.5 Å². The summed E-state index contributed by atoms with van der Waals surface area (Å²) in [4.78, 5) is 0. The number of nitrogen functional groups attached to an aromatic ring is 1. The van der Waals surface area contributed by atoms with Crippen LogP contribution in [-0.4, -0.2) is 27.1 Å². The first-order valence-electron chi connectivity index (χ1n) is 4.77. The first-order valence-corrected chi connectivity index (χ1v) is 6.66. The molecule has 0 heterocycles. The Morgan fingerprint density at radius 3 is 2.62 bits per heavy atom. The molecule has 5 nitrogen and oxygen atoms in total. The van der Waals surface area contributed by atoms with Gasteiger partial charge in [0.05, 0.1) is 6.26 Å². The Bertz CT molecular complexity index is 483. The van der Waals surface area contributed by atoms with Crippen molar-refractivity contribution < 1.29 is 8.42 Å². The second-order valence-electron chi connectivity index (χ2n) is 3.49. The molecule has 0 unspecified atom stereocenters. The standard InChI is InChI=1S/C10H15N3O2S/c1-16(14,15)13-7-6-8-4-2-3-5-9(8)10(11)12/h2-5,13H,6-7H2,1H3,(H3,11,12). The lowest BCUT2D eigenvalue weighted by molar-refractivity contribution is 0.588. The number of amidine groups is 1. The zero-order valence-corrected chi connectivity index (χ0v) is 9.84. The van der Waals surface area contributed by atoms with E-state index in [1.165, 1.54) is 0 Å². The minimum Gasteiger partial charge on any atom is -0.384 e. The molecular formula is C10H15N3O2S. The zero-order valence-electron chi connectivity index (χ0n) is 9.03. The molecule has 0 aliphatic carbocycles. The van der Waals surface area contributed by atoms with Gasteiger partial charge in [-0.25, -0.2) is 13.1 Å². The smallest absolute Gasteiger partial charge is 0.208 e. The van der Waals surface area contributed by atoms with Gasteiger partial charge in [-0.1, -0.05) is 24.3 Å². The SMILES string of the molecule is CS(=O)(=O)NCCc1ccccc1C(=N)N. The molecule has 16 heavy (non-hydrogen) atoms. The van der Waals surface area contributed by atoms with Crippen LogP contribution in [0.4, 0.5) is 0 Å². The molecule has 0 aliphatic rings. The van der Waals surface area contributed by atoms with Crippen LogP contribution in [0.1, 0.15) is 11.1 Å². The summed E-state index contributed by atoms with van der Waals surface area (Å²) < 4.78 is 24.1. The molecule has 1 aromatic rings. The van der Waals surface area contributed by atoms with Gasteiger partial charge in [-0.15, -0.1) is 0 Å². The average Bonchev–Trinajstić information content (AvgIpc) is 2.16. The number of sulfonamides is 1. The van der Waals surface area contributed by atoms with E-state index in [1.54, 1.807) is 12.1 Å². The van der Waals surface area contributed by atoms with E-state index in [-0.39, 0.29) is 5.84 Å². The highest BCUT2D eigenvalue weighted by atomic mass is 32.2. The Morgan fingerprint density at radius 2 is 2.06 bits per heavy atom. The third kappa shape index (κ3) is 4.00. The molecule has 88 valence electrons. The number of benzene rings is 1. The summed E-state index contributed by atoms with van der Waals surface area (Å²) in [6.45, 7) is 0.309. The monoisotopic (exact) mass is 241 g/mol. The van der Waals surface area contributed by atoms with E-state index < -0.39 is 10.0 Å². The third-order valence-electron chi connectivity index (χ3n) is 2.07. The topological polar surface area (TPSA) is 96.0 Å². The predicted octanol–water partition coefficient (Wildman–Crippen LogP) is 0.0624. The first-order chi connectivity index (χ1) is 7.40. The maximum atomic E-state index is 10.9. The second-order valence-corrected chi connectivity index (χ2v) is 5.32. The number of rotatable bonds is 5. The van der Waals surface area contributed by atoms with Gasteiger partial charge in [0.15, 0.2) is 0 Å². The molecule has 0 aromatic heterocycles. The molecule has 4 N–H and O–H groups in total. The van der Waals surface area contributed by atoms with Crippen LogP contribution >= 0.6 is 0 Å². The van der Waals surface area contributed by atoms with Gasteiger partial charge in [0.1, 0.15) is 5.84 Å². The van der Waals surface area contributed by atoms with E-state index in [1.807, 2.05) is 12.1 Å². The predicted molar refractivity (Wildman–Crippen MR) is 64.0 cm³/mol. The van der Waals surface area contributed by atoms with Gasteiger partial charge in [-0.2, -0.15) is 0 Å². The lowest BCUT2D eigenvalue weighted by atomic mass is 10.0. The molecule has 0 fully saturated rings. The van der Waals surface area contributed by atoms with E-state index in [9.17, 15) is 8.42 Å². The number of nitrogens with two attached hydrogens (primary N) is 1. The van der Waals surface area contributed by atoms with Crippen molar-refractivity contribution >= 4 is 15.9 Å². The molecule has 0 aliphatic heterocycles. The van der Waals surface area contributed by atoms with E-state index >= 15 is 0 Å². The zero-order chi connectivity index (χ0) is 12.2. The van der Waals surface area contributed by atoms with Crippen molar-refractivity contribution in [2.24, 2.45) is 5.73 Å². The van der Waals surface area contributed by atoms with Crippen LogP contribution in [-0.2, 0) is 16.4 Å². The molecule has 1 rings (SSSR count). The van der Waals surface area contributed by atoms with Crippen LogP contribution in [0.25, 0.3) is 0 Å². The fraction of sp³-hybridized carbons (Fsp3) is 0.300. The molecule has 0 saturated carbocycles. The van der Waals surface area contributed by atoms with Crippen LogP contribution in [0.15, 0.2) is 24.3 Å². The summed E-state index contributed by atoms with van der Waals surface area (Å²) in [6, 6.07) is 7.21. The Kier molecular flexibility index (Phi) is 4.03. The second kappa shape index (κ2) is 5.09. The van der Waals surface area contributed by atoms with E-state index in [2.05, 4.69) is 4.72 Å². The van der Waals surface area contributed by atoms with Gasteiger partial charge in [0, 0.05) is 12.1 Å². The van der Waals surface area contributed by atoms with Gasteiger partial charge < -0.3 is 5.73 Å². The summed E-state index contributed by atoms with van der Waals surface area (Å²) in [5, 5.41) is 7.37. The normalized spacial score (nSPS) is 11.3. The van der Waals surface area contributed by atoms with Gasteiger partial charge in [-0.3, -0.25) is 5.41 Å². The summed E-state index contributed by atoms with van der Waals surface area (Å²) in [7, 11) is -3.16. The summed E-state index contributed by atoms with van der Waals surface area (Å²) in [5.41, 5.74) is 6.93. The molecule has 0 spiro atoms. The van der Waals surface area contributed by atoms with E-state index in [0.717, 1.165) is 11.8 Å². The molecular weight excluding hydrogens is 226 g/mol. The molecule has 0 atom stereocenters. The van der Waals surface area contributed by atoms with E-state index in [4.69, 9.17) is 11.1 Å². The average molecular weight is 241 g/mol. The number of hydrogen-bond donors (Lipinski definition) is 3. The van der Waals surface area contributed by atoms with Crippen LogP contribution in [0, 0.1) is 5.41 Å². The summed E-state index contributed by atoms with van der Waals surface area (Å²) in [5.74, 6) is -0.00467. The highest BCUT2D eigenvalue weighted by Crippen LogP contribution is 2.08. The maximum absolute atomic E-state index is 10.9. The van der Waals surface area contributed by atoms with Crippen molar-refractivity contribution in [1.29, 1.82) is 5.41 Å². The highest BCUT2D eigenvalue weighted by Gasteiger charge is 2.05. The first kappa shape index (κ1) is 12.7. The highest BCUT2D eigenvalue weighted by molar-refractivity contribution is 7.88. The van der Waals surface area contributed by atoms with Crippen molar-refractivity contribution in [1.82, 2.24) is 4.72 Å². The lowest BCUT2D eigenvalue weighted by Gasteiger charge is -2.07. The van der Waals surface area contributed by atoms with Crippen molar-refractivity contribution in [2.45, 2.75) is 6.42 Å². The Hall–Kier alpha value is -1.40. The summed E-state index contributed by atoms with van der Waals surface area (Å²) >= 11 is 0. The Balaban J connectivity index is 2.71. The van der Waals surface area contributed by atoms with Crippen LogP contribution in [0.3, 0.4) is 0 Å². The minimum absolute atomic E-state index is 0.00467. The van der Waals surface area contributed by atoms with Gasteiger partial charge in [0.25, 0.3) is 0 Å². The van der Waals surface area contributed by atoms with Gasteiger partial charge in [-0.05, 0) is 12.0 Å². The third-order valence-corrected chi connectivity index (χ3v) is 2.79. The number of nitrogens with one attached hydrogen (secondary N) is 2. The molecule has 0 bridgehead atoms. The Labute approximate surface area is 95.2 Å². The Morgan fingerprint density at radius 1 is 1.44 bits per heavy atom. The van der Waals surface area contributed by atoms with Crippen molar-refractivity contribution in [3.05, 3.63) is 35.4 Å². The van der Waals surface area contributed by atoms with Crippen molar-refractivity contribution in [3.63, 3.8) is 0 Å². The van der Waals surface area contributed by atoms with Crippen molar-refractivity contribution in [3.8, 4) is 0 Å². The lowest BCUT2D eigenvalue weighted by Crippen LogP contribution is -2.25. The van der Waals surface area contributed by atoms with Crippen LogP contribution < -0.4 is 10.5 Å². The molecule has 1 aromatic carbocycles. The molecule has 0 radical (unpaired) electrons. The maximum Gasteiger partial charge on any atom is 0.208 e. The fourth-order valence-electron chi connectivity index (χ4n) is 1.37. The van der Waals surface area contributed by atoms with Gasteiger partial charge >= 0.3 is 0 Å². The van der Waals surface area contributed by atoms with Crippen LogP contribution in [0.2, 0.25) is 0 Å².